The highest BCUT2D eigenvalue weighted by atomic mass is 16.5. The second-order valence-corrected chi connectivity index (χ2v) is 9.60. The van der Waals surface area contributed by atoms with Gasteiger partial charge in [-0.1, -0.05) is 48.0 Å². The smallest absolute Gasteiger partial charge is 0.227 e. The van der Waals surface area contributed by atoms with Gasteiger partial charge >= 0.3 is 0 Å². The third kappa shape index (κ3) is 9.98. The van der Waals surface area contributed by atoms with E-state index in [1.165, 1.54) is 0 Å². The number of carbonyl (C=O) groups excluding carboxylic acids is 1. The van der Waals surface area contributed by atoms with E-state index in [2.05, 4.69) is 46.9 Å². The Morgan fingerprint density at radius 1 is 1.00 bits per heavy atom. The minimum atomic E-state index is -0.699. The molecular formula is C19H40N2O2. The van der Waals surface area contributed by atoms with E-state index in [1.807, 2.05) is 20.8 Å². The first kappa shape index (κ1) is 22.4. The van der Waals surface area contributed by atoms with E-state index in [0.717, 1.165) is 19.3 Å². The van der Waals surface area contributed by atoms with Crippen LogP contribution in [-0.4, -0.2) is 23.8 Å². The van der Waals surface area contributed by atoms with E-state index in [-0.39, 0.29) is 16.9 Å². The highest BCUT2D eigenvalue weighted by molar-refractivity contribution is 5.82. The molecule has 1 unspecified atom stereocenters. The van der Waals surface area contributed by atoms with E-state index >= 15 is 0 Å². The molecule has 0 heterocycles. The van der Waals surface area contributed by atoms with Gasteiger partial charge in [0.1, 0.15) is 0 Å². The zero-order valence-corrected chi connectivity index (χ0v) is 16.9. The van der Waals surface area contributed by atoms with Gasteiger partial charge in [0.25, 0.3) is 0 Å². The zero-order valence-electron chi connectivity index (χ0n) is 16.9. The number of nitrogens with two attached hydrogens (primary N) is 1. The van der Waals surface area contributed by atoms with E-state index in [0.29, 0.717) is 13.0 Å². The summed E-state index contributed by atoms with van der Waals surface area (Å²) in [6.07, 6.45) is 3.51. The summed E-state index contributed by atoms with van der Waals surface area (Å²) < 4.78 is 5.96. The lowest BCUT2D eigenvalue weighted by molar-refractivity contribution is -0.133. The van der Waals surface area contributed by atoms with Crippen molar-refractivity contribution in [3.05, 3.63) is 0 Å². The number of hydrogen-bond acceptors (Lipinski definition) is 3. The third-order valence-corrected chi connectivity index (χ3v) is 3.98. The van der Waals surface area contributed by atoms with E-state index in [9.17, 15) is 4.79 Å². The molecule has 0 aliphatic rings. The number of nitrogens with one attached hydrogen (secondary N) is 1. The summed E-state index contributed by atoms with van der Waals surface area (Å²) in [5.74, 6) is -0.0105. The van der Waals surface area contributed by atoms with Crippen LogP contribution in [0.25, 0.3) is 0 Å². The first-order valence-electron chi connectivity index (χ1n) is 8.86. The van der Waals surface area contributed by atoms with Gasteiger partial charge in [-0.15, -0.1) is 0 Å². The van der Waals surface area contributed by atoms with Gasteiger partial charge in [-0.2, -0.15) is 0 Å². The maximum absolute atomic E-state index is 12.6. The predicted molar refractivity (Wildman–Crippen MR) is 98.1 cm³/mol. The number of amides is 1. The van der Waals surface area contributed by atoms with Crippen molar-refractivity contribution in [2.75, 3.05) is 6.61 Å². The van der Waals surface area contributed by atoms with Gasteiger partial charge in [0.2, 0.25) is 5.91 Å². The van der Waals surface area contributed by atoms with Crippen molar-refractivity contribution in [2.45, 2.75) is 99.3 Å². The normalized spacial score (nSPS) is 16.1. The van der Waals surface area contributed by atoms with E-state index in [1.54, 1.807) is 0 Å². The number of hydrogen-bond donors (Lipinski definition) is 2. The fraction of sp³-hybridized carbons (Fsp3) is 0.947. The van der Waals surface area contributed by atoms with Gasteiger partial charge in [-0.25, -0.2) is 0 Å². The molecule has 0 saturated carbocycles. The summed E-state index contributed by atoms with van der Waals surface area (Å²) in [7, 11) is 0. The summed E-state index contributed by atoms with van der Waals surface area (Å²) in [4.78, 5) is 12.6. The minimum absolute atomic E-state index is 0.0105. The molecular weight excluding hydrogens is 288 g/mol. The molecule has 0 aromatic carbocycles. The average Bonchev–Trinajstić information content (AvgIpc) is 2.23. The fourth-order valence-electron chi connectivity index (χ4n) is 2.94. The molecule has 0 fully saturated rings. The van der Waals surface area contributed by atoms with Crippen molar-refractivity contribution in [1.82, 2.24) is 5.32 Å². The van der Waals surface area contributed by atoms with E-state index in [4.69, 9.17) is 10.5 Å². The van der Waals surface area contributed by atoms with Crippen LogP contribution in [0, 0.1) is 10.8 Å². The van der Waals surface area contributed by atoms with Crippen LogP contribution in [0.5, 0.6) is 0 Å². The lowest BCUT2D eigenvalue weighted by Gasteiger charge is -2.36. The second-order valence-electron chi connectivity index (χ2n) is 9.60. The van der Waals surface area contributed by atoms with Crippen molar-refractivity contribution in [3.8, 4) is 0 Å². The standard InChI is InChI=1S/C19H40N2O2/c1-10-11-18(7,8)23-13-12-17(5,6)15(22)21-19(9,20)14-16(2,3)4/h10-14,20H2,1-9H3,(H,21,22). The Labute approximate surface area is 143 Å². The number of rotatable bonds is 9. The van der Waals surface area contributed by atoms with Crippen molar-refractivity contribution in [2.24, 2.45) is 16.6 Å². The Morgan fingerprint density at radius 2 is 1.52 bits per heavy atom. The molecule has 0 aliphatic carbocycles. The molecule has 1 atom stereocenters. The van der Waals surface area contributed by atoms with Gasteiger partial charge < -0.3 is 15.8 Å². The molecule has 0 radical (unpaired) electrons. The van der Waals surface area contributed by atoms with Crippen molar-refractivity contribution in [1.29, 1.82) is 0 Å². The van der Waals surface area contributed by atoms with Gasteiger partial charge in [-0.05, 0) is 45.4 Å². The Hall–Kier alpha value is -0.610. The molecule has 23 heavy (non-hydrogen) atoms. The largest absolute Gasteiger partial charge is 0.376 e. The van der Waals surface area contributed by atoms with Crippen LogP contribution in [0.15, 0.2) is 0 Å². The fourth-order valence-corrected chi connectivity index (χ4v) is 2.94. The summed E-state index contributed by atoms with van der Waals surface area (Å²) in [6, 6.07) is 0. The lowest BCUT2D eigenvalue weighted by Crippen LogP contribution is -2.58. The quantitative estimate of drug-likeness (QED) is 0.623. The molecule has 1 amide bonds. The topological polar surface area (TPSA) is 64.3 Å². The van der Waals surface area contributed by atoms with Crippen LogP contribution in [0.4, 0.5) is 0 Å². The van der Waals surface area contributed by atoms with E-state index < -0.39 is 11.1 Å². The maximum Gasteiger partial charge on any atom is 0.227 e. The molecule has 0 aromatic heterocycles. The minimum Gasteiger partial charge on any atom is -0.376 e. The van der Waals surface area contributed by atoms with Crippen LogP contribution >= 0.6 is 0 Å². The molecule has 0 aliphatic heterocycles. The van der Waals surface area contributed by atoms with Crippen molar-refractivity contribution >= 4 is 5.91 Å². The summed E-state index contributed by atoms with van der Waals surface area (Å²) in [5.41, 5.74) is 5.01. The van der Waals surface area contributed by atoms with Crippen LogP contribution < -0.4 is 11.1 Å². The van der Waals surface area contributed by atoms with Gasteiger partial charge in [-0.3, -0.25) is 4.79 Å². The van der Waals surface area contributed by atoms with Crippen LogP contribution in [-0.2, 0) is 9.53 Å². The highest BCUT2D eigenvalue weighted by Crippen LogP contribution is 2.27. The Balaban J connectivity index is 4.55. The van der Waals surface area contributed by atoms with Gasteiger partial charge in [0, 0.05) is 12.0 Å². The number of carbonyl (C=O) groups is 1. The molecule has 0 spiro atoms. The van der Waals surface area contributed by atoms with Crippen molar-refractivity contribution < 1.29 is 9.53 Å². The first-order chi connectivity index (χ1) is 10.1. The Bertz CT molecular complexity index is 379. The molecule has 0 rings (SSSR count). The molecule has 4 nitrogen and oxygen atoms in total. The third-order valence-electron chi connectivity index (χ3n) is 3.98. The average molecular weight is 329 g/mol. The van der Waals surface area contributed by atoms with Crippen LogP contribution in [0.3, 0.4) is 0 Å². The highest BCUT2D eigenvalue weighted by Gasteiger charge is 2.34. The molecule has 4 heteroatoms. The lowest BCUT2D eigenvalue weighted by atomic mass is 9.83. The van der Waals surface area contributed by atoms with Gasteiger partial charge in [0.15, 0.2) is 0 Å². The zero-order chi connectivity index (χ0) is 18.5. The first-order valence-corrected chi connectivity index (χ1v) is 8.86. The molecule has 138 valence electrons. The van der Waals surface area contributed by atoms with Gasteiger partial charge in [0.05, 0.1) is 11.3 Å². The molecule has 0 saturated heterocycles. The second kappa shape index (κ2) is 7.98. The SMILES string of the molecule is CCCC(C)(C)OCCC(C)(C)C(=O)NC(C)(N)CC(C)(C)C. The van der Waals surface area contributed by atoms with Crippen molar-refractivity contribution in [3.63, 3.8) is 0 Å². The Kier molecular flexibility index (Phi) is 7.76. The number of ether oxygens (including phenoxy) is 1. The summed E-state index contributed by atoms with van der Waals surface area (Å²) >= 11 is 0. The summed E-state index contributed by atoms with van der Waals surface area (Å²) in [5, 5.41) is 3.01. The van der Waals surface area contributed by atoms with Crippen LogP contribution in [0.2, 0.25) is 0 Å². The summed E-state index contributed by atoms with van der Waals surface area (Å²) in [6.45, 7) is 19.1. The predicted octanol–water partition coefficient (Wildman–Crippen LogP) is 4.23. The Morgan fingerprint density at radius 3 is 1.96 bits per heavy atom. The molecule has 0 bridgehead atoms. The molecule has 3 N–H and O–H groups in total. The van der Waals surface area contributed by atoms with Crippen LogP contribution in [0.1, 0.15) is 88.0 Å². The maximum atomic E-state index is 12.6. The monoisotopic (exact) mass is 328 g/mol. The molecule has 0 aromatic rings.